The first kappa shape index (κ1) is 77.6. The molecular weight excluding hydrogens is 1810 g/mol. The molecule has 0 fully saturated rings. The highest BCUT2D eigenvalue weighted by Gasteiger charge is 2.29. The number of benzene rings is 22. The molecule has 0 aliphatic carbocycles. The van der Waals surface area contributed by atoms with E-state index in [9.17, 15) is 0 Å². The average Bonchev–Trinajstić information content (AvgIpc) is 1.54. The summed E-state index contributed by atoms with van der Waals surface area (Å²) in [5, 5.41) is 25.4. The predicted molar refractivity (Wildman–Crippen MR) is 611 cm³/mol. The Morgan fingerprint density at radius 2 is 0.438 bits per heavy atom. The zero-order valence-corrected chi connectivity index (χ0v) is 79.4. The van der Waals surface area contributed by atoms with Gasteiger partial charge in [0, 0.05) is 176 Å². The average molecular weight is 1890 g/mol. The molecule has 0 aliphatic rings. The van der Waals surface area contributed by atoms with Crippen LogP contribution in [-0.2, 0) is 0 Å². The third kappa shape index (κ3) is 13.3. The van der Waals surface area contributed by atoms with Crippen molar-refractivity contribution >= 4 is 225 Å². The molecule has 0 amide bonds. The highest BCUT2D eigenvalue weighted by molar-refractivity contribution is 7.28. The van der Waals surface area contributed by atoms with Crippen molar-refractivity contribution in [2.45, 2.75) is 0 Å². The van der Waals surface area contributed by atoms with Crippen LogP contribution in [0.5, 0.6) is 0 Å². The van der Waals surface area contributed by atoms with Crippen LogP contribution in [0, 0.1) is 0 Å². The van der Waals surface area contributed by atoms with Crippen LogP contribution in [0.2, 0.25) is 0 Å². The Balaban J connectivity index is 0.000000105. The van der Waals surface area contributed by atoms with Gasteiger partial charge in [0.1, 0.15) is 0 Å². The van der Waals surface area contributed by atoms with Gasteiger partial charge in [0.25, 0.3) is 0 Å². The largest absolute Gasteiger partial charge is 0.309 e. The fourth-order valence-corrected chi connectivity index (χ4v) is 25.9. The van der Waals surface area contributed by atoms with Gasteiger partial charge in [-0.3, -0.25) is 0 Å². The minimum Gasteiger partial charge on any atom is -0.309 e. The van der Waals surface area contributed by atoms with Crippen LogP contribution in [0.1, 0.15) is 6.85 Å². The SMILES string of the molecule is [2H]c1c([2H])c([2H])c(-c2nc(-c3cccc(-n4c5ccccc5c5c6ccccc6c6sc7ccccc7c6c54)c3)nc3ccccc23)c([2H])c1[2H].c1ccc(-c2ccc(-c3nc(-c4cccc(-n5c6ccccc6c6c7ccccc7c7sc8ccccc8c7c65)c4)nc4ccccc34)cc2)cc1.c1ccc(-c2nc(-c3cccc(-n4c5ccccc5c5c6ccccc6c6sc7ccccc7c6c54)c3)nc3ccccc23)cc1. The van der Waals surface area contributed by atoms with Crippen molar-refractivity contribution in [3.63, 3.8) is 0 Å². The van der Waals surface area contributed by atoms with Gasteiger partial charge in [0.2, 0.25) is 0 Å². The summed E-state index contributed by atoms with van der Waals surface area (Å²) >= 11 is 5.60. The van der Waals surface area contributed by atoms with E-state index in [1.807, 2.05) is 82.5 Å². The molecule has 12 heteroatoms. The molecule has 9 nitrogen and oxygen atoms in total. The lowest BCUT2D eigenvalue weighted by atomic mass is 10.00. The minimum atomic E-state index is -0.438. The Labute approximate surface area is 844 Å². The van der Waals surface area contributed by atoms with Crippen LogP contribution in [0.15, 0.2) is 479 Å². The summed E-state index contributed by atoms with van der Waals surface area (Å²) in [5.74, 6) is 1.83. The smallest absolute Gasteiger partial charge is 0.160 e. The van der Waals surface area contributed by atoms with Gasteiger partial charge in [0.05, 0.1) is 73.6 Å². The van der Waals surface area contributed by atoms with Crippen LogP contribution >= 0.6 is 34.0 Å². The number of nitrogens with zero attached hydrogens (tertiary/aromatic N) is 9. The zero-order chi connectivity index (χ0) is 98.9. The van der Waals surface area contributed by atoms with Crippen molar-refractivity contribution in [3.05, 3.63) is 479 Å². The van der Waals surface area contributed by atoms with Gasteiger partial charge in [0.15, 0.2) is 17.5 Å². The molecule has 670 valence electrons. The van der Waals surface area contributed by atoms with Crippen molar-refractivity contribution in [1.82, 2.24) is 43.6 Å². The molecule has 31 aromatic rings. The zero-order valence-electron chi connectivity index (χ0n) is 82.0. The van der Waals surface area contributed by atoms with Crippen molar-refractivity contribution in [2.24, 2.45) is 0 Å². The Kier molecular flexibility index (Phi) is 18.2. The van der Waals surface area contributed by atoms with Crippen LogP contribution in [0.3, 0.4) is 0 Å². The van der Waals surface area contributed by atoms with Gasteiger partial charge in [-0.05, 0) is 118 Å². The Bertz CT molecular complexity index is 11000. The molecule has 0 N–H and O–H groups in total. The summed E-state index contributed by atoms with van der Waals surface area (Å²) in [6.45, 7) is 0. The quantitative estimate of drug-likeness (QED) is 0.135. The number of hydrogen-bond acceptors (Lipinski definition) is 9. The van der Waals surface area contributed by atoms with Crippen molar-refractivity contribution in [1.29, 1.82) is 0 Å². The molecule has 0 aliphatic heterocycles. The lowest BCUT2D eigenvalue weighted by Crippen LogP contribution is -1.98. The van der Waals surface area contributed by atoms with Gasteiger partial charge >= 0.3 is 0 Å². The Morgan fingerprint density at radius 3 is 0.792 bits per heavy atom. The molecule has 0 bridgehead atoms. The molecule has 144 heavy (non-hydrogen) atoms. The van der Waals surface area contributed by atoms with Crippen molar-refractivity contribution in [2.75, 3.05) is 0 Å². The van der Waals surface area contributed by atoms with E-state index in [0.717, 1.165) is 100 Å². The van der Waals surface area contributed by atoms with Gasteiger partial charge in [-0.15, -0.1) is 34.0 Å². The summed E-state index contributed by atoms with van der Waals surface area (Å²) in [7, 11) is 0. The van der Waals surface area contributed by atoms with E-state index < -0.39 is 18.1 Å². The summed E-state index contributed by atoms with van der Waals surface area (Å²) < 4.78 is 57.3. The van der Waals surface area contributed by atoms with Crippen LogP contribution < -0.4 is 0 Å². The maximum Gasteiger partial charge on any atom is 0.160 e. The molecule has 9 heterocycles. The summed E-state index contributed by atoms with van der Waals surface area (Å²) in [6.07, 6.45) is 0. The number of aromatic nitrogens is 9. The van der Waals surface area contributed by atoms with E-state index in [0.29, 0.717) is 28.2 Å². The summed E-state index contributed by atoms with van der Waals surface area (Å²) in [5.41, 5.74) is 22.1. The lowest BCUT2D eigenvalue weighted by Gasteiger charge is -2.13. The van der Waals surface area contributed by atoms with E-state index in [1.54, 1.807) is 0 Å². The number of thiophene rings is 3. The van der Waals surface area contributed by atoms with Crippen LogP contribution in [0.4, 0.5) is 0 Å². The van der Waals surface area contributed by atoms with Gasteiger partial charge in [-0.2, -0.15) is 0 Å². The Morgan fingerprint density at radius 1 is 0.181 bits per heavy atom. The highest BCUT2D eigenvalue weighted by Crippen LogP contribution is 2.53. The number of para-hydroxylation sites is 6. The monoisotopic (exact) mass is 1890 g/mol. The predicted octanol–water partition coefficient (Wildman–Crippen LogP) is 36.4. The first-order chi connectivity index (χ1) is 73.5. The van der Waals surface area contributed by atoms with Crippen LogP contribution in [0.25, 0.3) is 287 Å². The van der Waals surface area contributed by atoms with E-state index in [2.05, 4.69) is 414 Å². The molecule has 0 saturated heterocycles. The van der Waals surface area contributed by atoms with E-state index in [-0.39, 0.29) is 17.6 Å². The van der Waals surface area contributed by atoms with Crippen molar-refractivity contribution < 1.29 is 6.85 Å². The van der Waals surface area contributed by atoms with E-state index >= 15 is 0 Å². The second-order valence-electron chi connectivity index (χ2n) is 36.5. The first-order valence-electron chi connectivity index (χ1n) is 50.7. The fraction of sp³-hybridized carbons (Fsp3) is 0. The van der Waals surface area contributed by atoms with E-state index in [4.69, 9.17) is 36.8 Å². The maximum absolute atomic E-state index is 8.74. The van der Waals surface area contributed by atoms with Gasteiger partial charge < -0.3 is 13.7 Å². The molecule has 0 unspecified atom stereocenters. The standard InChI is InChI=1S/C48H29N3S.2C42H25N3S/c1-2-13-30(14-3-1)31-25-27-32(28-26-31)45-37-19-6-9-22-40(37)49-48(50-45)33-15-12-16-34(29-33)51-41-23-10-7-20-38(41)43-35-17-4-5-18-36(35)47-44(46(43)51)39-21-8-11-24-42(39)52-47;2*1-2-13-26(14-3-1)39-31-19-6-9-22-34(31)43-42(44-39)27-15-12-16-28(25-27)45-35-23-10-7-20-32(35)37-29-17-4-5-18-30(29)41-38(40(37)45)33-21-8-11-24-36(33)46-41/h1-29H;2*1-25H/i;1D,2D,3D,13D,14D;. The second kappa shape index (κ2) is 33.8. The number of rotatable bonds is 10. The topological polar surface area (TPSA) is 92.1 Å². The lowest BCUT2D eigenvalue weighted by molar-refractivity contribution is 1.18. The molecule has 31 rings (SSSR count). The Hall–Kier alpha value is -18.3. The maximum atomic E-state index is 8.74. The van der Waals surface area contributed by atoms with Crippen molar-refractivity contribution in [3.8, 4) is 96.1 Å². The van der Waals surface area contributed by atoms with Crippen LogP contribution in [-0.4, -0.2) is 43.6 Å². The molecule has 0 atom stereocenters. The minimum absolute atomic E-state index is 0.0537. The highest BCUT2D eigenvalue weighted by atomic mass is 32.1. The first-order valence-corrected chi connectivity index (χ1v) is 50.7. The fourth-order valence-electron chi connectivity index (χ4n) is 22.2. The molecular formula is C132H79N9S3. The molecule has 9 aromatic heterocycles. The number of fused-ring (bicyclic) bond motifs is 33. The molecule has 0 saturated carbocycles. The van der Waals surface area contributed by atoms with Gasteiger partial charge in [-0.25, -0.2) is 29.9 Å². The van der Waals surface area contributed by atoms with Gasteiger partial charge in [-0.1, -0.05) is 388 Å². The van der Waals surface area contributed by atoms with E-state index in [1.165, 1.54) is 153 Å². The third-order valence-corrected chi connectivity index (χ3v) is 32.0. The third-order valence-electron chi connectivity index (χ3n) is 28.4. The molecule has 22 aromatic carbocycles. The second-order valence-corrected chi connectivity index (χ2v) is 39.6. The molecule has 0 radical (unpaired) electrons. The normalized spacial score (nSPS) is 12.4. The summed E-state index contributed by atoms with van der Waals surface area (Å²) in [6, 6.07) is 156. The molecule has 0 spiro atoms. The summed E-state index contributed by atoms with van der Waals surface area (Å²) in [4.78, 5) is 30.6. The number of hydrogen-bond donors (Lipinski definition) is 0.